The molecule has 2 aromatic rings. The first-order valence-electron chi connectivity index (χ1n) is 7.14. The van der Waals surface area contributed by atoms with Crippen LogP contribution in [0.15, 0.2) is 54.6 Å². The van der Waals surface area contributed by atoms with Gasteiger partial charge in [-0.05, 0) is 37.1 Å². The number of hydrogen-bond donors (Lipinski definition) is 2. The lowest BCUT2D eigenvalue weighted by Crippen LogP contribution is -2.33. The van der Waals surface area contributed by atoms with Crippen LogP contribution in [0.3, 0.4) is 0 Å². The normalized spacial score (nSPS) is 13.0. The second-order valence-electron chi connectivity index (χ2n) is 5.23. The quantitative estimate of drug-likeness (QED) is 0.890. The Hall–Kier alpha value is -2.64. The van der Waals surface area contributed by atoms with Crippen LogP contribution in [-0.4, -0.2) is 17.1 Å². The lowest BCUT2D eigenvalue weighted by molar-refractivity contribution is 0.0917. The number of nitrogens with zero attached hydrogens (tertiary/aromatic N) is 1. The number of nitrogens with one attached hydrogen (secondary N) is 1. The largest absolute Gasteiger partial charge is 0.388 e. The van der Waals surface area contributed by atoms with Crippen LogP contribution in [0, 0.1) is 11.3 Å². The van der Waals surface area contributed by atoms with E-state index >= 15 is 0 Å². The Bertz CT molecular complexity index is 677. The number of benzene rings is 2. The number of rotatable bonds is 5. The van der Waals surface area contributed by atoms with Gasteiger partial charge in [-0.15, -0.1) is 0 Å². The predicted octanol–water partition coefficient (Wildman–Crippen LogP) is 2.80. The minimum Gasteiger partial charge on any atom is -0.388 e. The Morgan fingerprint density at radius 1 is 1.23 bits per heavy atom. The van der Waals surface area contributed by atoms with Crippen molar-refractivity contribution in [3.63, 3.8) is 0 Å². The number of carbonyl (C=O) groups excluding carboxylic acids is 1. The first kappa shape index (κ1) is 15.7. The van der Waals surface area contributed by atoms with Gasteiger partial charge in [0.05, 0.1) is 17.7 Å². The number of nitriles is 1. The van der Waals surface area contributed by atoms with Gasteiger partial charge in [0.15, 0.2) is 0 Å². The molecule has 0 saturated carbocycles. The molecule has 2 rings (SSSR count). The average molecular weight is 294 g/mol. The lowest BCUT2D eigenvalue weighted by atomic mass is 10.0. The smallest absolute Gasteiger partial charge is 0.251 e. The zero-order valence-corrected chi connectivity index (χ0v) is 12.4. The van der Waals surface area contributed by atoms with Crippen molar-refractivity contribution in [2.45, 2.75) is 25.5 Å². The van der Waals surface area contributed by atoms with Crippen LogP contribution in [0.5, 0.6) is 0 Å². The first-order chi connectivity index (χ1) is 10.6. The van der Waals surface area contributed by atoms with E-state index in [0.717, 1.165) is 5.56 Å². The van der Waals surface area contributed by atoms with Crippen LogP contribution < -0.4 is 5.32 Å². The summed E-state index contributed by atoms with van der Waals surface area (Å²) in [5.74, 6) is -0.245. The van der Waals surface area contributed by atoms with Crippen molar-refractivity contribution in [2.24, 2.45) is 0 Å². The summed E-state index contributed by atoms with van der Waals surface area (Å²) in [6.07, 6.45) is -0.199. The number of hydrogen-bond acceptors (Lipinski definition) is 3. The van der Waals surface area contributed by atoms with Gasteiger partial charge in [0.1, 0.15) is 0 Å². The van der Waals surface area contributed by atoms with E-state index in [0.29, 0.717) is 17.5 Å². The summed E-state index contributed by atoms with van der Waals surface area (Å²) in [7, 11) is 0. The standard InChI is InChI=1S/C18H18N2O2/c1-13(10-17(21)15-7-3-2-4-8-15)20-18(22)16-9-5-6-14(11-16)12-19/h2-9,11,13,17,21H,10H2,1H3,(H,20,22)/t13-,17-/m1/s1. The predicted molar refractivity (Wildman–Crippen MR) is 84.1 cm³/mol. The van der Waals surface area contributed by atoms with Crippen LogP contribution in [0.2, 0.25) is 0 Å². The Kier molecular flexibility index (Phi) is 5.29. The number of aliphatic hydroxyl groups excluding tert-OH is 1. The maximum absolute atomic E-state index is 12.1. The van der Waals surface area contributed by atoms with Crippen molar-refractivity contribution < 1.29 is 9.90 Å². The number of aliphatic hydroxyl groups is 1. The minimum atomic E-state index is -0.623. The minimum absolute atomic E-state index is 0.187. The van der Waals surface area contributed by atoms with Gasteiger partial charge in [-0.25, -0.2) is 0 Å². The van der Waals surface area contributed by atoms with Crippen molar-refractivity contribution in [2.75, 3.05) is 0 Å². The van der Waals surface area contributed by atoms with E-state index in [4.69, 9.17) is 5.26 Å². The lowest BCUT2D eigenvalue weighted by Gasteiger charge is -2.18. The van der Waals surface area contributed by atoms with E-state index < -0.39 is 6.10 Å². The molecule has 0 fully saturated rings. The molecule has 0 aromatic heterocycles. The molecule has 0 radical (unpaired) electrons. The zero-order chi connectivity index (χ0) is 15.9. The molecule has 0 aliphatic rings. The summed E-state index contributed by atoms with van der Waals surface area (Å²) in [4.78, 5) is 12.1. The van der Waals surface area contributed by atoms with Crippen molar-refractivity contribution in [1.82, 2.24) is 5.32 Å². The zero-order valence-electron chi connectivity index (χ0n) is 12.4. The molecule has 0 saturated heterocycles. The fourth-order valence-corrected chi connectivity index (χ4v) is 2.24. The van der Waals surface area contributed by atoms with Gasteiger partial charge >= 0.3 is 0 Å². The Balaban J connectivity index is 1.95. The molecule has 1 amide bonds. The second kappa shape index (κ2) is 7.39. The summed E-state index contributed by atoms with van der Waals surface area (Å²) >= 11 is 0. The highest BCUT2D eigenvalue weighted by Crippen LogP contribution is 2.18. The van der Waals surface area contributed by atoms with Crippen molar-refractivity contribution in [1.29, 1.82) is 5.26 Å². The molecular weight excluding hydrogens is 276 g/mol. The third kappa shape index (κ3) is 4.18. The van der Waals surface area contributed by atoms with E-state index in [1.54, 1.807) is 24.3 Å². The van der Waals surface area contributed by atoms with Gasteiger partial charge in [0.2, 0.25) is 0 Å². The molecule has 0 aliphatic carbocycles. The van der Waals surface area contributed by atoms with Crippen molar-refractivity contribution >= 4 is 5.91 Å². The third-order valence-corrected chi connectivity index (χ3v) is 3.39. The Morgan fingerprint density at radius 3 is 2.64 bits per heavy atom. The molecule has 4 nitrogen and oxygen atoms in total. The van der Waals surface area contributed by atoms with E-state index in [2.05, 4.69) is 5.32 Å². The van der Waals surface area contributed by atoms with Crippen LogP contribution in [0.4, 0.5) is 0 Å². The summed E-state index contributed by atoms with van der Waals surface area (Å²) in [5, 5.41) is 21.9. The topological polar surface area (TPSA) is 73.1 Å². The molecule has 0 spiro atoms. The summed E-state index contributed by atoms with van der Waals surface area (Å²) in [6, 6.07) is 17.7. The molecule has 2 atom stereocenters. The fraction of sp³-hybridized carbons (Fsp3) is 0.222. The highest BCUT2D eigenvalue weighted by Gasteiger charge is 2.15. The highest BCUT2D eigenvalue weighted by molar-refractivity contribution is 5.94. The molecule has 0 heterocycles. The summed E-state index contributed by atoms with van der Waals surface area (Å²) in [6.45, 7) is 1.85. The van der Waals surface area contributed by atoms with Gasteiger partial charge in [0.25, 0.3) is 5.91 Å². The summed E-state index contributed by atoms with van der Waals surface area (Å²) in [5.41, 5.74) is 1.72. The van der Waals surface area contributed by atoms with Gasteiger partial charge < -0.3 is 10.4 Å². The molecule has 2 N–H and O–H groups in total. The van der Waals surface area contributed by atoms with Gasteiger partial charge in [-0.1, -0.05) is 36.4 Å². The summed E-state index contributed by atoms with van der Waals surface area (Å²) < 4.78 is 0. The molecule has 0 unspecified atom stereocenters. The number of amides is 1. The first-order valence-corrected chi connectivity index (χ1v) is 7.14. The molecule has 112 valence electrons. The van der Waals surface area contributed by atoms with E-state index in [9.17, 15) is 9.90 Å². The van der Waals surface area contributed by atoms with Crippen molar-refractivity contribution in [3.8, 4) is 6.07 Å². The molecule has 0 aliphatic heterocycles. The monoisotopic (exact) mass is 294 g/mol. The average Bonchev–Trinajstić information content (AvgIpc) is 2.55. The van der Waals surface area contributed by atoms with Crippen LogP contribution in [0.25, 0.3) is 0 Å². The van der Waals surface area contributed by atoms with Gasteiger partial charge in [-0.2, -0.15) is 5.26 Å². The van der Waals surface area contributed by atoms with Crippen LogP contribution >= 0.6 is 0 Å². The Labute approximate surface area is 130 Å². The van der Waals surface area contributed by atoms with Crippen LogP contribution in [-0.2, 0) is 0 Å². The fourth-order valence-electron chi connectivity index (χ4n) is 2.24. The second-order valence-corrected chi connectivity index (χ2v) is 5.23. The number of carbonyl (C=O) groups is 1. The molecular formula is C18H18N2O2. The molecule has 4 heteroatoms. The maximum Gasteiger partial charge on any atom is 0.251 e. The van der Waals surface area contributed by atoms with Gasteiger partial charge in [0, 0.05) is 11.6 Å². The Morgan fingerprint density at radius 2 is 1.95 bits per heavy atom. The third-order valence-electron chi connectivity index (χ3n) is 3.39. The van der Waals surface area contributed by atoms with Gasteiger partial charge in [-0.3, -0.25) is 4.79 Å². The van der Waals surface area contributed by atoms with Crippen LogP contribution in [0.1, 0.15) is 40.9 Å². The van der Waals surface area contributed by atoms with Crippen molar-refractivity contribution in [3.05, 3.63) is 71.3 Å². The molecule has 22 heavy (non-hydrogen) atoms. The van der Waals surface area contributed by atoms with E-state index in [1.165, 1.54) is 0 Å². The van der Waals surface area contributed by atoms with E-state index in [1.807, 2.05) is 43.3 Å². The molecule has 0 bridgehead atoms. The highest BCUT2D eigenvalue weighted by atomic mass is 16.3. The SMILES string of the molecule is C[C@H](C[C@@H](O)c1ccccc1)NC(=O)c1cccc(C#N)c1. The van der Waals surface area contributed by atoms with E-state index in [-0.39, 0.29) is 11.9 Å². The maximum atomic E-state index is 12.1. The molecule has 2 aromatic carbocycles.